The van der Waals surface area contributed by atoms with Crippen LogP contribution < -0.4 is 4.74 Å². The highest BCUT2D eigenvalue weighted by Gasteiger charge is 2.42. The van der Waals surface area contributed by atoms with Gasteiger partial charge in [-0.2, -0.15) is 0 Å². The van der Waals surface area contributed by atoms with Gasteiger partial charge in [0, 0.05) is 6.61 Å². The van der Waals surface area contributed by atoms with Gasteiger partial charge in [-0.3, -0.25) is 0 Å². The number of hydrogen-bond donors (Lipinski definition) is 1. The van der Waals surface area contributed by atoms with Gasteiger partial charge >= 0.3 is 0 Å². The molecule has 1 unspecified atom stereocenters. The molecule has 1 spiro atoms. The van der Waals surface area contributed by atoms with E-state index in [1.54, 1.807) is 0 Å². The molecular formula is C17H24O3. The molecule has 1 aliphatic carbocycles. The van der Waals surface area contributed by atoms with Gasteiger partial charge < -0.3 is 14.6 Å². The SMILES string of the molecule is OCCc1ccc(OCC2CCC3(CCCC3)O2)cc1. The number of benzene rings is 1. The van der Waals surface area contributed by atoms with Gasteiger partial charge in [0.2, 0.25) is 0 Å². The topological polar surface area (TPSA) is 38.7 Å². The quantitative estimate of drug-likeness (QED) is 0.898. The van der Waals surface area contributed by atoms with Crippen LogP contribution in [0, 0.1) is 0 Å². The van der Waals surface area contributed by atoms with E-state index in [0.29, 0.717) is 13.0 Å². The molecule has 3 heteroatoms. The van der Waals surface area contributed by atoms with Gasteiger partial charge in [0.05, 0.1) is 11.7 Å². The van der Waals surface area contributed by atoms with Crippen LogP contribution in [0.5, 0.6) is 5.75 Å². The van der Waals surface area contributed by atoms with Crippen molar-refractivity contribution < 1.29 is 14.6 Å². The van der Waals surface area contributed by atoms with E-state index in [4.69, 9.17) is 14.6 Å². The zero-order valence-corrected chi connectivity index (χ0v) is 12.0. The standard InChI is InChI=1S/C17H24O3/c18-12-8-14-3-5-15(6-4-14)19-13-16-7-11-17(20-16)9-1-2-10-17/h3-6,16,18H,1-2,7-13H2. The average Bonchev–Trinajstić information content (AvgIpc) is 3.09. The molecule has 0 aromatic heterocycles. The van der Waals surface area contributed by atoms with E-state index < -0.39 is 0 Å². The molecule has 2 fully saturated rings. The van der Waals surface area contributed by atoms with Crippen molar-refractivity contribution in [1.29, 1.82) is 0 Å². The first kappa shape index (κ1) is 13.9. The monoisotopic (exact) mass is 276 g/mol. The van der Waals surface area contributed by atoms with Crippen molar-refractivity contribution >= 4 is 0 Å². The van der Waals surface area contributed by atoms with Crippen LogP contribution >= 0.6 is 0 Å². The first-order valence-electron chi connectivity index (χ1n) is 7.80. The highest BCUT2D eigenvalue weighted by atomic mass is 16.6. The summed E-state index contributed by atoms with van der Waals surface area (Å²) in [5, 5.41) is 8.89. The maximum Gasteiger partial charge on any atom is 0.119 e. The summed E-state index contributed by atoms with van der Waals surface area (Å²) in [5.41, 5.74) is 1.33. The zero-order chi connectivity index (χ0) is 13.8. The molecule has 2 aliphatic rings. The molecule has 1 saturated carbocycles. The molecule has 1 heterocycles. The second kappa shape index (κ2) is 6.15. The smallest absolute Gasteiger partial charge is 0.119 e. The second-order valence-electron chi connectivity index (χ2n) is 6.10. The van der Waals surface area contributed by atoms with E-state index in [-0.39, 0.29) is 18.3 Å². The molecule has 110 valence electrons. The van der Waals surface area contributed by atoms with Crippen LogP contribution in [0.15, 0.2) is 24.3 Å². The number of aliphatic hydroxyl groups excluding tert-OH is 1. The Morgan fingerprint density at radius 1 is 1.15 bits per heavy atom. The lowest BCUT2D eigenvalue weighted by atomic mass is 9.98. The van der Waals surface area contributed by atoms with Gasteiger partial charge in [-0.05, 0) is 49.8 Å². The van der Waals surface area contributed by atoms with Crippen molar-refractivity contribution in [3.63, 3.8) is 0 Å². The van der Waals surface area contributed by atoms with Crippen LogP contribution in [0.3, 0.4) is 0 Å². The predicted molar refractivity (Wildman–Crippen MR) is 78.0 cm³/mol. The number of rotatable bonds is 5. The number of ether oxygens (including phenoxy) is 2. The van der Waals surface area contributed by atoms with E-state index in [9.17, 15) is 0 Å². The Labute approximate surface area is 120 Å². The van der Waals surface area contributed by atoms with Crippen molar-refractivity contribution in [2.45, 2.75) is 56.7 Å². The number of hydrogen-bond acceptors (Lipinski definition) is 3. The van der Waals surface area contributed by atoms with Crippen molar-refractivity contribution in [1.82, 2.24) is 0 Å². The van der Waals surface area contributed by atoms with Crippen molar-refractivity contribution in [3.05, 3.63) is 29.8 Å². The lowest BCUT2D eigenvalue weighted by molar-refractivity contribution is -0.0508. The summed E-state index contributed by atoms with van der Waals surface area (Å²) in [7, 11) is 0. The normalized spacial score (nSPS) is 24.4. The summed E-state index contributed by atoms with van der Waals surface area (Å²) >= 11 is 0. The molecule has 1 aromatic rings. The molecule has 3 nitrogen and oxygen atoms in total. The van der Waals surface area contributed by atoms with Crippen LogP contribution in [0.1, 0.15) is 44.1 Å². The molecule has 1 N–H and O–H groups in total. The van der Waals surface area contributed by atoms with Crippen LogP contribution in [0.4, 0.5) is 0 Å². The fourth-order valence-electron chi connectivity index (χ4n) is 3.47. The molecule has 0 bridgehead atoms. The molecule has 0 radical (unpaired) electrons. The molecule has 1 aromatic carbocycles. The third kappa shape index (κ3) is 3.15. The Bertz CT molecular complexity index is 420. The lowest BCUT2D eigenvalue weighted by Gasteiger charge is -2.23. The largest absolute Gasteiger partial charge is 0.491 e. The first-order valence-corrected chi connectivity index (χ1v) is 7.80. The molecule has 3 rings (SSSR count). The van der Waals surface area contributed by atoms with Crippen LogP contribution in [0.2, 0.25) is 0 Å². The maximum absolute atomic E-state index is 8.89. The van der Waals surface area contributed by atoms with Gasteiger partial charge in [0.1, 0.15) is 12.4 Å². The van der Waals surface area contributed by atoms with Crippen LogP contribution in [0.25, 0.3) is 0 Å². The van der Waals surface area contributed by atoms with Crippen molar-refractivity contribution in [3.8, 4) is 5.75 Å². The Hall–Kier alpha value is -1.06. The Morgan fingerprint density at radius 3 is 2.60 bits per heavy atom. The maximum atomic E-state index is 8.89. The summed E-state index contributed by atoms with van der Waals surface area (Å²) in [4.78, 5) is 0. The van der Waals surface area contributed by atoms with E-state index in [1.807, 2.05) is 24.3 Å². The Balaban J connectivity index is 1.47. The molecular weight excluding hydrogens is 252 g/mol. The number of aliphatic hydroxyl groups is 1. The van der Waals surface area contributed by atoms with E-state index in [1.165, 1.54) is 32.1 Å². The Morgan fingerprint density at radius 2 is 1.90 bits per heavy atom. The fraction of sp³-hybridized carbons (Fsp3) is 0.647. The molecule has 1 saturated heterocycles. The van der Waals surface area contributed by atoms with Crippen LogP contribution in [-0.4, -0.2) is 30.0 Å². The predicted octanol–water partition coefficient (Wildman–Crippen LogP) is 3.09. The van der Waals surface area contributed by atoms with Crippen LogP contribution in [-0.2, 0) is 11.2 Å². The summed E-state index contributed by atoms with van der Waals surface area (Å²) in [6, 6.07) is 7.98. The minimum absolute atomic E-state index is 0.193. The fourth-order valence-corrected chi connectivity index (χ4v) is 3.47. The first-order chi connectivity index (χ1) is 9.80. The molecule has 20 heavy (non-hydrogen) atoms. The zero-order valence-electron chi connectivity index (χ0n) is 12.0. The van der Waals surface area contributed by atoms with E-state index in [2.05, 4.69) is 0 Å². The van der Waals surface area contributed by atoms with E-state index in [0.717, 1.165) is 17.7 Å². The second-order valence-corrected chi connectivity index (χ2v) is 6.10. The summed E-state index contributed by atoms with van der Waals surface area (Å²) in [6.07, 6.45) is 8.40. The van der Waals surface area contributed by atoms with Gasteiger partial charge in [-0.1, -0.05) is 25.0 Å². The molecule has 0 amide bonds. The van der Waals surface area contributed by atoms with Gasteiger partial charge in [0.25, 0.3) is 0 Å². The van der Waals surface area contributed by atoms with Gasteiger partial charge in [-0.25, -0.2) is 0 Å². The highest BCUT2D eigenvalue weighted by molar-refractivity contribution is 5.27. The summed E-state index contributed by atoms with van der Waals surface area (Å²) < 4.78 is 12.1. The van der Waals surface area contributed by atoms with Gasteiger partial charge in [-0.15, -0.1) is 0 Å². The van der Waals surface area contributed by atoms with Gasteiger partial charge in [0.15, 0.2) is 0 Å². The Kier molecular flexibility index (Phi) is 4.27. The average molecular weight is 276 g/mol. The highest BCUT2D eigenvalue weighted by Crippen LogP contribution is 2.43. The molecule has 1 aliphatic heterocycles. The minimum Gasteiger partial charge on any atom is -0.491 e. The summed E-state index contributed by atoms with van der Waals surface area (Å²) in [6.45, 7) is 0.847. The third-order valence-corrected chi connectivity index (χ3v) is 4.61. The van der Waals surface area contributed by atoms with Crippen molar-refractivity contribution in [2.75, 3.05) is 13.2 Å². The minimum atomic E-state index is 0.193. The van der Waals surface area contributed by atoms with E-state index >= 15 is 0 Å². The molecule has 1 atom stereocenters. The third-order valence-electron chi connectivity index (χ3n) is 4.61. The van der Waals surface area contributed by atoms with Crippen molar-refractivity contribution in [2.24, 2.45) is 0 Å². The lowest BCUT2D eigenvalue weighted by Crippen LogP contribution is -2.27. The summed E-state index contributed by atoms with van der Waals surface area (Å²) in [5.74, 6) is 0.891.